The van der Waals surface area contributed by atoms with Crippen LogP contribution in [0, 0.1) is 12.7 Å². The van der Waals surface area contributed by atoms with E-state index in [0.717, 1.165) is 35.0 Å². The van der Waals surface area contributed by atoms with E-state index in [-0.39, 0.29) is 30.2 Å². The molecule has 1 aliphatic rings. The van der Waals surface area contributed by atoms with Crippen molar-refractivity contribution in [3.8, 4) is 0 Å². The number of hydrogen-bond acceptors (Lipinski definition) is 3. The van der Waals surface area contributed by atoms with E-state index >= 15 is 0 Å². The van der Waals surface area contributed by atoms with Crippen molar-refractivity contribution in [3.05, 3.63) is 34.5 Å². The number of halogens is 2. The summed E-state index contributed by atoms with van der Waals surface area (Å²) in [4.78, 5) is 13.2. The van der Waals surface area contributed by atoms with Gasteiger partial charge < -0.3 is 10.6 Å². The van der Waals surface area contributed by atoms with Gasteiger partial charge in [-0.25, -0.2) is 4.39 Å². The second-order valence-corrected chi connectivity index (χ2v) is 6.80. The van der Waals surface area contributed by atoms with Crippen LogP contribution in [0.25, 0.3) is 10.1 Å². The van der Waals surface area contributed by atoms with Gasteiger partial charge in [-0.2, -0.15) is 0 Å². The molecular formula is C16H20ClFN2OS. The van der Waals surface area contributed by atoms with Crippen LogP contribution in [-0.2, 0) is 0 Å². The Morgan fingerprint density at radius 1 is 1.45 bits per heavy atom. The molecule has 1 amide bonds. The molecule has 1 aromatic heterocycles. The van der Waals surface area contributed by atoms with Gasteiger partial charge in [0, 0.05) is 16.8 Å². The molecule has 0 bridgehead atoms. The van der Waals surface area contributed by atoms with E-state index in [1.807, 2.05) is 6.92 Å². The standard InChI is InChI=1S/C16H19FN2OS.ClH/c1-9-7-12(5-6-18-9)19-16(20)15-10(2)13-8-11(17)3-4-14(13)21-15;/h3-4,8-9,12,18H,5-7H2,1-2H3,(H,19,20);1H. The van der Waals surface area contributed by atoms with Gasteiger partial charge in [-0.05, 0) is 62.4 Å². The molecule has 1 aliphatic heterocycles. The largest absolute Gasteiger partial charge is 0.348 e. The van der Waals surface area contributed by atoms with Crippen molar-refractivity contribution in [2.75, 3.05) is 6.54 Å². The number of amides is 1. The summed E-state index contributed by atoms with van der Waals surface area (Å²) in [5.74, 6) is -0.296. The Morgan fingerprint density at radius 3 is 2.95 bits per heavy atom. The molecule has 2 atom stereocenters. The van der Waals surface area contributed by atoms with Crippen LogP contribution < -0.4 is 10.6 Å². The molecule has 1 fully saturated rings. The normalized spacial score (nSPS) is 21.4. The van der Waals surface area contributed by atoms with Gasteiger partial charge in [0.05, 0.1) is 4.88 Å². The number of benzene rings is 1. The Balaban J connectivity index is 0.00000176. The van der Waals surface area contributed by atoms with Gasteiger partial charge in [0.15, 0.2) is 0 Å². The van der Waals surface area contributed by atoms with Gasteiger partial charge in [0.25, 0.3) is 5.91 Å². The number of thiophene rings is 1. The molecule has 0 aliphatic carbocycles. The minimum atomic E-state index is -0.262. The van der Waals surface area contributed by atoms with Crippen LogP contribution in [0.15, 0.2) is 18.2 Å². The summed E-state index contributed by atoms with van der Waals surface area (Å²) in [5, 5.41) is 7.33. The number of piperidine rings is 1. The zero-order valence-electron chi connectivity index (χ0n) is 12.6. The van der Waals surface area contributed by atoms with Gasteiger partial charge >= 0.3 is 0 Å². The summed E-state index contributed by atoms with van der Waals surface area (Å²) >= 11 is 1.44. The summed E-state index contributed by atoms with van der Waals surface area (Å²) in [5.41, 5.74) is 0.869. The van der Waals surface area contributed by atoms with Gasteiger partial charge in [-0.3, -0.25) is 4.79 Å². The van der Waals surface area contributed by atoms with Crippen LogP contribution >= 0.6 is 23.7 Å². The Kier molecular flexibility index (Phi) is 5.42. The number of aryl methyl sites for hydroxylation is 1. The number of nitrogens with one attached hydrogen (secondary N) is 2. The molecule has 1 saturated heterocycles. The average molecular weight is 343 g/mol. The number of carbonyl (C=O) groups is 1. The van der Waals surface area contributed by atoms with Crippen LogP contribution in [0.4, 0.5) is 4.39 Å². The molecule has 6 heteroatoms. The number of carbonyl (C=O) groups excluding carboxylic acids is 1. The van der Waals surface area contributed by atoms with Crippen molar-refractivity contribution in [2.45, 2.75) is 38.8 Å². The highest BCUT2D eigenvalue weighted by atomic mass is 35.5. The third kappa shape index (κ3) is 3.42. The lowest BCUT2D eigenvalue weighted by Crippen LogP contribution is -2.46. The first-order valence-electron chi connectivity index (χ1n) is 7.27. The van der Waals surface area contributed by atoms with Gasteiger partial charge in [0.1, 0.15) is 5.82 Å². The molecule has 120 valence electrons. The highest BCUT2D eigenvalue weighted by Gasteiger charge is 2.22. The lowest BCUT2D eigenvalue weighted by Gasteiger charge is -2.28. The fourth-order valence-electron chi connectivity index (χ4n) is 2.92. The van der Waals surface area contributed by atoms with Crippen LogP contribution in [-0.4, -0.2) is 24.5 Å². The minimum absolute atomic E-state index is 0. The predicted molar refractivity (Wildman–Crippen MR) is 91.7 cm³/mol. The second kappa shape index (κ2) is 6.94. The van der Waals surface area contributed by atoms with Crippen molar-refractivity contribution >= 4 is 39.7 Å². The number of rotatable bonds is 2. The van der Waals surface area contributed by atoms with E-state index in [9.17, 15) is 9.18 Å². The van der Waals surface area contributed by atoms with E-state index in [0.29, 0.717) is 10.9 Å². The molecule has 3 nitrogen and oxygen atoms in total. The fraction of sp³-hybridized carbons (Fsp3) is 0.438. The van der Waals surface area contributed by atoms with Gasteiger partial charge in [-0.15, -0.1) is 23.7 Å². The van der Waals surface area contributed by atoms with Gasteiger partial charge in [0.2, 0.25) is 0 Å². The first kappa shape index (κ1) is 17.2. The first-order chi connectivity index (χ1) is 10.0. The fourth-order valence-corrected chi connectivity index (χ4v) is 4.02. The molecule has 0 spiro atoms. The molecule has 1 aromatic carbocycles. The molecule has 2 heterocycles. The Bertz CT molecular complexity index is 688. The maximum atomic E-state index is 13.3. The average Bonchev–Trinajstić information content (AvgIpc) is 2.76. The van der Waals surface area contributed by atoms with E-state index in [4.69, 9.17) is 0 Å². The molecule has 2 unspecified atom stereocenters. The minimum Gasteiger partial charge on any atom is -0.348 e. The maximum Gasteiger partial charge on any atom is 0.261 e. The molecule has 3 rings (SSSR count). The van der Waals surface area contributed by atoms with Crippen LogP contribution in [0.3, 0.4) is 0 Å². The Hall–Kier alpha value is -1.17. The topological polar surface area (TPSA) is 41.1 Å². The van der Waals surface area contributed by atoms with Crippen molar-refractivity contribution in [3.63, 3.8) is 0 Å². The Labute approximate surface area is 139 Å². The number of hydrogen-bond donors (Lipinski definition) is 2. The predicted octanol–water partition coefficient (Wildman–Crippen LogP) is 3.64. The summed E-state index contributed by atoms with van der Waals surface area (Å²) in [6.07, 6.45) is 1.90. The van der Waals surface area contributed by atoms with Crippen LogP contribution in [0.1, 0.15) is 35.0 Å². The lowest BCUT2D eigenvalue weighted by molar-refractivity contribution is 0.0929. The lowest BCUT2D eigenvalue weighted by atomic mass is 10.0. The molecule has 22 heavy (non-hydrogen) atoms. The van der Waals surface area contributed by atoms with Crippen molar-refractivity contribution in [1.82, 2.24) is 10.6 Å². The first-order valence-corrected chi connectivity index (χ1v) is 8.09. The monoisotopic (exact) mass is 342 g/mol. The van der Waals surface area contributed by atoms with E-state index in [1.165, 1.54) is 23.5 Å². The van der Waals surface area contributed by atoms with Crippen molar-refractivity contribution in [2.24, 2.45) is 0 Å². The maximum absolute atomic E-state index is 13.3. The molecule has 2 aromatic rings. The van der Waals surface area contributed by atoms with E-state index < -0.39 is 0 Å². The SMILES string of the molecule is Cc1c(C(=O)NC2CCNC(C)C2)sc2ccc(F)cc12.Cl. The second-order valence-electron chi connectivity index (χ2n) is 5.75. The van der Waals surface area contributed by atoms with E-state index in [1.54, 1.807) is 6.07 Å². The molecule has 0 radical (unpaired) electrons. The zero-order valence-corrected chi connectivity index (χ0v) is 14.2. The summed E-state index contributed by atoms with van der Waals surface area (Å²) in [6, 6.07) is 5.33. The smallest absolute Gasteiger partial charge is 0.261 e. The number of fused-ring (bicyclic) bond motifs is 1. The summed E-state index contributed by atoms with van der Waals surface area (Å²) in [6.45, 7) is 4.95. The molecular weight excluding hydrogens is 323 g/mol. The van der Waals surface area contributed by atoms with Crippen LogP contribution in [0.2, 0.25) is 0 Å². The summed E-state index contributed by atoms with van der Waals surface area (Å²) in [7, 11) is 0. The highest BCUT2D eigenvalue weighted by Crippen LogP contribution is 2.31. The zero-order chi connectivity index (χ0) is 15.0. The summed E-state index contributed by atoms with van der Waals surface area (Å²) < 4.78 is 14.3. The van der Waals surface area contributed by atoms with Gasteiger partial charge in [-0.1, -0.05) is 0 Å². The molecule has 2 N–H and O–H groups in total. The van der Waals surface area contributed by atoms with Crippen molar-refractivity contribution in [1.29, 1.82) is 0 Å². The molecule has 0 saturated carbocycles. The third-order valence-electron chi connectivity index (χ3n) is 4.06. The highest BCUT2D eigenvalue weighted by molar-refractivity contribution is 7.21. The van der Waals surface area contributed by atoms with Crippen molar-refractivity contribution < 1.29 is 9.18 Å². The van der Waals surface area contributed by atoms with Crippen LogP contribution in [0.5, 0.6) is 0 Å². The Morgan fingerprint density at radius 2 is 2.23 bits per heavy atom. The third-order valence-corrected chi connectivity index (χ3v) is 5.33. The van der Waals surface area contributed by atoms with E-state index in [2.05, 4.69) is 17.6 Å². The quantitative estimate of drug-likeness (QED) is 0.874.